The van der Waals surface area contributed by atoms with E-state index >= 15 is 0 Å². The van der Waals surface area contributed by atoms with E-state index in [0.29, 0.717) is 13.0 Å². The Hall–Kier alpha value is -1.84. The van der Waals surface area contributed by atoms with Gasteiger partial charge in [0.05, 0.1) is 0 Å². The van der Waals surface area contributed by atoms with Crippen LogP contribution >= 0.6 is 0 Å². The molecule has 1 aromatic carbocycles. The number of anilines is 1. The summed E-state index contributed by atoms with van der Waals surface area (Å²) >= 11 is 0. The molecule has 1 N–H and O–H groups in total. The zero-order valence-electron chi connectivity index (χ0n) is 11.8. The number of hydrogen-bond acceptors (Lipinski definition) is 2. The fraction of sp³-hybridized carbons (Fsp3) is 0.500. The summed E-state index contributed by atoms with van der Waals surface area (Å²) in [5, 5.41) is 2.99. The molecule has 2 fully saturated rings. The molecular weight excluding hydrogens is 252 g/mol. The van der Waals surface area contributed by atoms with Gasteiger partial charge in [0.1, 0.15) is 5.54 Å². The minimum absolute atomic E-state index is 0.00426. The predicted octanol–water partition coefficient (Wildman–Crippen LogP) is 2.16. The molecule has 1 aromatic rings. The molecule has 0 radical (unpaired) electrons. The van der Waals surface area contributed by atoms with Gasteiger partial charge >= 0.3 is 0 Å². The summed E-state index contributed by atoms with van der Waals surface area (Å²) in [6.45, 7) is 2.48. The molecule has 20 heavy (non-hydrogen) atoms. The minimum atomic E-state index is -0.655. The van der Waals surface area contributed by atoms with Gasteiger partial charge in [0.2, 0.25) is 5.91 Å². The van der Waals surface area contributed by atoms with Gasteiger partial charge in [-0.25, -0.2) is 0 Å². The molecule has 0 atom stereocenters. The van der Waals surface area contributed by atoms with Crippen LogP contribution in [0.25, 0.3) is 0 Å². The van der Waals surface area contributed by atoms with Crippen LogP contribution in [0.15, 0.2) is 24.3 Å². The van der Waals surface area contributed by atoms with Crippen LogP contribution in [0.4, 0.5) is 5.69 Å². The van der Waals surface area contributed by atoms with E-state index in [1.807, 2.05) is 31.2 Å². The van der Waals surface area contributed by atoms with Crippen molar-refractivity contribution in [1.29, 1.82) is 0 Å². The van der Waals surface area contributed by atoms with Gasteiger partial charge in [-0.05, 0) is 37.5 Å². The van der Waals surface area contributed by atoms with Crippen LogP contribution in [0, 0.1) is 6.92 Å². The van der Waals surface area contributed by atoms with E-state index in [1.54, 1.807) is 4.90 Å². The Kier molecular flexibility index (Phi) is 3.24. The van der Waals surface area contributed by atoms with Gasteiger partial charge in [0.25, 0.3) is 5.91 Å². The average Bonchev–Trinajstić information content (AvgIpc) is 2.83. The van der Waals surface area contributed by atoms with Gasteiger partial charge in [0, 0.05) is 18.7 Å². The number of nitrogens with zero attached hydrogens (tertiary/aromatic N) is 1. The molecular formula is C16H20N2O2. The lowest BCUT2D eigenvalue weighted by Crippen LogP contribution is -2.55. The van der Waals surface area contributed by atoms with E-state index in [0.717, 1.165) is 36.9 Å². The summed E-state index contributed by atoms with van der Waals surface area (Å²) in [6, 6.07) is 7.93. The van der Waals surface area contributed by atoms with Crippen molar-refractivity contribution >= 4 is 17.5 Å². The summed E-state index contributed by atoms with van der Waals surface area (Å²) in [5.74, 6) is 0.0573. The van der Waals surface area contributed by atoms with E-state index in [2.05, 4.69) is 5.32 Å². The largest absolute Gasteiger partial charge is 0.342 e. The number of rotatable bonds is 1. The quantitative estimate of drug-likeness (QED) is 0.851. The van der Waals surface area contributed by atoms with Gasteiger partial charge in [-0.3, -0.25) is 9.59 Å². The predicted molar refractivity (Wildman–Crippen MR) is 77.5 cm³/mol. The van der Waals surface area contributed by atoms with Crippen molar-refractivity contribution in [3.05, 3.63) is 29.8 Å². The molecule has 1 saturated heterocycles. The third-order valence-electron chi connectivity index (χ3n) is 4.37. The van der Waals surface area contributed by atoms with E-state index < -0.39 is 5.54 Å². The number of amides is 2. The van der Waals surface area contributed by atoms with Crippen molar-refractivity contribution in [2.45, 2.75) is 44.6 Å². The SMILES string of the molecule is Cc1cccc(N2CCC(=O)NC3(CCCC3)C2=O)c1. The van der Waals surface area contributed by atoms with Gasteiger partial charge < -0.3 is 10.2 Å². The molecule has 3 rings (SSSR count). The van der Waals surface area contributed by atoms with Crippen molar-refractivity contribution < 1.29 is 9.59 Å². The lowest BCUT2D eigenvalue weighted by Gasteiger charge is -2.31. The summed E-state index contributed by atoms with van der Waals surface area (Å²) in [6.07, 6.45) is 3.92. The van der Waals surface area contributed by atoms with E-state index in [1.165, 1.54) is 0 Å². The molecule has 1 saturated carbocycles. The lowest BCUT2D eigenvalue weighted by molar-refractivity contribution is -0.129. The summed E-state index contributed by atoms with van der Waals surface area (Å²) in [5.41, 5.74) is 1.37. The minimum Gasteiger partial charge on any atom is -0.342 e. The molecule has 0 bridgehead atoms. The number of carbonyl (C=O) groups is 2. The molecule has 0 aromatic heterocycles. The second kappa shape index (κ2) is 4.93. The van der Waals surface area contributed by atoms with Gasteiger partial charge in [-0.15, -0.1) is 0 Å². The normalized spacial score (nSPS) is 21.9. The first-order chi connectivity index (χ1) is 9.61. The van der Waals surface area contributed by atoms with E-state index in [-0.39, 0.29) is 11.8 Å². The number of hydrogen-bond donors (Lipinski definition) is 1. The van der Waals surface area contributed by atoms with Crippen LogP contribution in [0.5, 0.6) is 0 Å². The Bertz CT molecular complexity index is 547. The Labute approximate surface area is 119 Å². The molecule has 2 aliphatic rings. The molecule has 0 unspecified atom stereocenters. The van der Waals surface area contributed by atoms with Gasteiger partial charge in [0.15, 0.2) is 0 Å². The van der Waals surface area contributed by atoms with Crippen molar-refractivity contribution in [1.82, 2.24) is 5.32 Å². The average molecular weight is 272 g/mol. The first-order valence-electron chi connectivity index (χ1n) is 7.30. The molecule has 106 valence electrons. The van der Waals surface area contributed by atoms with E-state index in [9.17, 15) is 9.59 Å². The fourth-order valence-corrected chi connectivity index (χ4v) is 3.32. The molecule has 4 nitrogen and oxygen atoms in total. The Balaban J connectivity index is 1.98. The zero-order valence-corrected chi connectivity index (χ0v) is 11.8. The molecule has 1 spiro atoms. The van der Waals surface area contributed by atoms with E-state index in [4.69, 9.17) is 0 Å². The monoisotopic (exact) mass is 272 g/mol. The van der Waals surface area contributed by atoms with Gasteiger partial charge in [-0.1, -0.05) is 25.0 Å². The maximum atomic E-state index is 12.9. The third kappa shape index (κ3) is 2.19. The molecule has 1 heterocycles. The lowest BCUT2D eigenvalue weighted by atomic mass is 9.95. The number of nitrogens with one attached hydrogen (secondary N) is 1. The highest BCUT2D eigenvalue weighted by Gasteiger charge is 2.46. The number of carbonyl (C=O) groups excluding carboxylic acids is 2. The standard InChI is InChI=1S/C16H20N2O2/c1-12-5-4-6-13(11-12)18-10-7-14(19)17-16(15(18)20)8-2-3-9-16/h4-6,11H,2-3,7-10H2,1H3,(H,17,19). The molecule has 2 amide bonds. The highest BCUT2D eigenvalue weighted by atomic mass is 16.2. The van der Waals surface area contributed by atoms with Crippen LogP contribution in [-0.2, 0) is 9.59 Å². The topological polar surface area (TPSA) is 49.4 Å². The highest BCUT2D eigenvalue weighted by Crippen LogP contribution is 2.34. The number of benzene rings is 1. The van der Waals surface area contributed by atoms with Crippen molar-refractivity contribution in [3.8, 4) is 0 Å². The number of aryl methyl sites for hydroxylation is 1. The Morgan fingerprint density at radius 3 is 2.65 bits per heavy atom. The highest BCUT2D eigenvalue weighted by molar-refractivity contribution is 6.04. The Morgan fingerprint density at radius 2 is 1.95 bits per heavy atom. The second-order valence-electron chi connectivity index (χ2n) is 5.88. The maximum absolute atomic E-state index is 12.9. The summed E-state index contributed by atoms with van der Waals surface area (Å²) in [7, 11) is 0. The van der Waals surface area contributed by atoms with Crippen molar-refractivity contribution in [3.63, 3.8) is 0 Å². The van der Waals surface area contributed by atoms with Crippen molar-refractivity contribution in [2.24, 2.45) is 0 Å². The first kappa shape index (κ1) is 13.2. The zero-order chi connectivity index (χ0) is 14.2. The fourth-order valence-electron chi connectivity index (χ4n) is 3.32. The maximum Gasteiger partial charge on any atom is 0.252 e. The molecule has 1 aliphatic carbocycles. The molecule has 1 aliphatic heterocycles. The second-order valence-corrected chi connectivity index (χ2v) is 5.88. The third-order valence-corrected chi connectivity index (χ3v) is 4.37. The first-order valence-corrected chi connectivity index (χ1v) is 7.30. The van der Waals surface area contributed by atoms with Crippen LogP contribution in [0.3, 0.4) is 0 Å². The summed E-state index contributed by atoms with van der Waals surface area (Å²) in [4.78, 5) is 26.7. The van der Waals surface area contributed by atoms with Crippen molar-refractivity contribution in [2.75, 3.05) is 11.4 Å². The van der Waals surface area contributed by atoms with Crippen LogP contribution in [0.1, 0.15) is 37.7 Å². The summed E-state index contributed by atoms with van der Waals surface area (Å²) < 4.78 is 0. The smallest absolute Gasteiger partial charge is 0.252 e. The Morgan fingerprint density at radius 1 is 1.20 bits per heavy atom. The van der Waals surface area contributed by atoms with Crippen LogP contribution in [0.2, 0.25) is 0 Å². The van der Waals surface area contributed by atoms with Crippen LogP contribution in [-0.4, -0.2) is 23.9 Å². The van der Waals surface area contributed by atoms with Gasteiger partial charge in [-0.2, -0.15) is 0 Å². The molecule has 4 heteroatoms. The van der Waals surface area contributed by atoms with Crippen LogP contribution < -0.4 is 10.2 Å².